The van der Waals surface area contributed by atoms with E-state index in [1.165, 1.54) is 12.1 Å². The fourth-order valence-electron chi connectivity index (χ4n) is 1.47. The molecule has 0 unspecified atom stereocenters. The van der Waals surface area contributed by atoms with Gasteiger partial charge < -0.3 is 5.11 Å². The molecule has 16 heavy (non-hydrogen) atoms. The van der Waals surface area contributed by atoms with Gasteiger partial charge in [-0.3, -0.25) is 4.55 Å². The zero-order valence-corrected chi connectivity index (χ0v) is 12.5. The molecule has 0 saturated heterocycles. The average molecular weight is 262 g/mol. The molecule has 78 valence electrons. The van der Waals surface area contributed by atoms with Crippen LogP contribution in [-0.4, -0.2) is 13.0 Å². The Balaban J connectivity index is 0.00000128. The summed E-state index contributed by atoms with van der Waals surface area (Å²) in [6.07, 6.45) is 0. The molecular formula is C10H7KO4S. The minimum Gasteiger partial charge on any atom is -0.872 e. The molecule has 0 atom stereocenters. The second kappa shape index (κ2) is 5.13. The van der Waals surface area contributed by atoms with Crippen LogP contribution < -0.4 is 56.5 Å². The topological polar surface area (TPSA) is 77.4 Å². The molecular weight excluding hydrogens is 255 g/mol. The summed E-state index contributed by atoms with van der Waals surface area (Å²) in [5.74, 6) is -0.266. The van der Waals surface area contributed by atoms with E-state index in [0.29, 0.717) is 0 Å². The molecule has 0 fully saturated rings. The van der Waals surface area contributed by atoms with E-state index >= 15 is 0 Å². The van der Waals surface area contributed by atoms with Crippen LogP contribution in [0, 0.1) is 0 Å². The zero-order chi connectivity index (χ0) is 11.1. The number of benzene rings is 2. The molecule has 0 aromatic heterocycles. The van der Waals surface area contributed by atoms with Crippen molar-refractivity contribution in [3.63, 3.8) is 0 Å². The van der Waals surface area contributed by atoms with Crippen LogP contribution in [0.15, 0.2) is 41.3 Å². The fraction of sp³-hybridized carbons (Fsp3) is 0. The maximum atomic E-state index is 11.4. The van der Waals surface area contributed by atoms with Gasteiger partial charge in [0.15, 0.2) is 0 Å². The first-order valence-corrected chi connectivity index (χ1v) is 5.60. The molecule has 0 heterocycles. The molecule has 1 N–H and O–H groups in total. The van der Waals surface area contributed by atoms with Crippen LogP contribution in [0.2, 0.25) is 0 Å². The van der Waals surface area contributed by atoms with Gasteiger partial charge in [0.25, 0.3) is 10.1 Å². The first-order chi connectivity index (χ1) is 7.00. The van der Waals surface area contributed by atoms with E-state index in [1.54, 1.807) is 12.1 Å². The molecule has 0 spiro atoms. The number of hydrogen-bond donors (Lipinski definition) is 1. The zero-order valence-electron chi connectivity index (χ0n) is 8.54. The van der Waals surface area contributed by atoms with E-state index < -0.39 is 10.1 Å². The van der Waals surface area contributed by atoms with E-state index in [9.17, 15) is 13.5 Å². The smallest absolute Gasteiger partial charge is 0.872 e. The summed E-state index contributed by atoms with van der Waals surface area (Å²) in [4.78, 5) is -0.238. The van der Waals surface area contributed by atoms with Crippen LogP contribution in [-0.2, 0) is 10.1 Å². The molecule has 0 aliphatic heterocycles. The Labute approximate surface area is 135 Å². The third-order valence-corrected chi connectivity index (χ3v) is 3.03. The first kappa shape index (κ1) is 14.1. The minimum absolute atomic E-state index is 0. The van der Waals surface area contributed by atoms with Crippen LogP contribution in [0.1, 0.15) is 0 Å². The third-order valence-electron chi connectivity index (χ3n) is 2.12. The van der Waals surface area contributed by atoms with Crippen LogP contribution >= 0.6 is 0 Å². The van der Waals surface area contributed by atoms with Crippen molar-refractivity contribution >= 4 is 20.9 Å². The summed E-state index contributed by atoms with van der Waals surface area (Å²) in [5.41, 5.74) is 0. The van der Waals surface area contributed by atoms with Crippen molar-refractivity contribution in [2.45, 2.75) is 4.90 Å². The van der Waals surface area contributed by atoms with Crippen LogP contribution in [0.3, 0.4) is 0 Å². The summed E-state index contributed by atoms with van der Waals surface area (Å²) < 4.78 is 31.0. The van der Waals surface area contributed by atoms with Gasteiger partial charge in [-0.25, -0.2) is 0 Å². The van der Waals surface area contributed by atoms with E-state index in [-0.39, 0.29) is 72.8 Å². The van der Waals surface area contributed by atoms with Gasteiger partial charge in [-0.05, 0) is 11.5 Å². The molecule has 0 aliphatic carbocycles. The SMILES string of the molecule is O=S(=O)(O)c1ccc([O-])c2ccccc12.[K+]. The maximum absolute atomic E-state index is 11.4. The largest absolute Gasteiger partial charge is 1.00 e. The Morgan fingerprint density at radius 1 is 1.00 bits per heavy atom. The summed E-state index contributed by atoms with van der Waals surface area (Å²) in [7, 11) is -4.29. The number of rotatable bonds is 1. The van der Waals surface area contributed by atoms with Gasteiger partial charge in [-0.15, -0.1) is 5.75 Å². The Hall–Kier alpha value is 0.0464. The summed E-state index contributed by atoms with van der Waals surface area (Å²) in [6, 6.07) is 8.49. The van der Waals surface area contributed by atoms with Gasteiger partial charge in [0.1, 0.15) is 4.90 Å². The van der Waals surface area contributed by atoms with E-state index in [1.807, 2.05) is 0 Å². The predicted molar refractivity (Wildman–Crippen MR) is 53.2 cm³/mol. The predicted octanol–water partition coefficient (Wildman–Crippen LogP) is -1.84. The van der Waals surface area contributed by atoms with E-state index in [0.717, 1.165) is 12.1 Å². The standard InChI is InChI=1S/C10H8O4S.K/c11-9-5-6-10(15(12,13)14)8-4-2-1-3-7(8)9;/h1-6,11H,(H,12,13,14);/q;+1/p-1. The number of hydrogen-bond acceptors (Lipinski definition) is 3. The average Bonchev–Trinajstić information content (AvgIpc) is 2.17. The minimum atomic E-state index is -4.29. The van der Waals surface area contributed by atoms with Crippen molar-refractivity contribution in [2.24, 2.45) is 0 Å². The molecule has 0 bridgehead atoms. The quantitative estimate of drug-likeness (QED) is 0.484. The van der Waals surface area contributed by atoms with Crippen molar-refractivity contribution in [2.75, 3.05) is 0 Å². The molecule has 0 aliphatic rings. The van der Waals surface area contributed by atoms with Crippen LogP contribution in [0.5, 0.6) is 5.75 Å². The Morgan fingerprint density at radius 3 is 2.12 bits per heavy atom. The fourth-order valence-corrected chi connectivity index (χ4v) is 2.16. The molecule has 0 saturated carbocycles. The Kier molecular flexibility index (Phi) is 4.53. The third kappa shape index (κ3) is 2.65. The van der Waals surface area contributed by atoms with E-state index in [2.05, 4.69) is 0 Å². The van der Waals surface area contributed by atoms with Crippen molar-refractivity contribution in [1.29, 1.82) is 0 Å². The molecule has 2 rings (SSSR count). The summed E-state index contributed by atoms with van der Waals surface area (Å²) >= 11 is 0. The first-order valence-electron chi connectivity index (χ1n) is 4.16. The molecule has 2 aromatic rings. The van der Waals surface area contributed by atoms with Crippen LogP contribution in [0.25, 0.3) is 10.8 Å². The van der Waals surface area contributed by atoms with Crippen molar-refractivity contribution < 1.29 is 69.5 Å². The van der Waals surface area contributed by atoms with Gasteiger partial charge in [0.2, 0.25) is 0 Å². The van der Waals surface area contributed by atoms with Crippen molar-refractivity contribution in [3.05, 3.63) is 36.4 Å². The molecule has 4 nitrogen and oxygen atoms in total. The summed E-state index contributed by atoms with van der Waals surface area (Å²) in [6.45, 7) is 0. The van der Waals surface area contributed by atoms with Gasteiger partial charge in [0, 0.05) is 5.39 Å². The molecule has 2 aromatic carbocycles. The Bertz CT molecular complexity index is 622. The van der Waals surface area contributed by atoms with E-state index in [4.69, 9.17) is 4.55 Å². The van der Waals surface area contributed by atoms with Gasteiger partial charge >= 0.3 is 51.4 Å². The van der Waals surface area contributed by atoms with Gasteiger partial charge in [-0.2, -0.15) is 8.42 Å². The monoisotopic (exact) mass is 262 g/mol. The Morgan fingerprint density at radius 2 is 1.56 bits per heavy atom. The second-order valence-electron chi connectivity index (χ2n) is 3.08. The maximum Gasteiger partial charge on any atom is 1.00 e. The van der Waals surface area contributed by atoms with Gasteiger partial charge in [-0.1, -0.05) is 30.3 Å². The second-order valence-corrected chi connectivity index (χ2v) is 4.47. The van der Waals surface area contributed by atoms with Gasteiger partial charge in [0.05, 0.1) is 0 Å². The molecule has 0 amide bonds. The van der Waals surface area contributed by atoms with Crippen LogP contribution in [0.4, 0.5) is 0 Å². The molecule has 6 heteroatoms. The van der Waals surface area contributed by atoms with Crippen molar-refractivity contribution in [3.8, 4) is 5.75 Å². The van der Waals surface area contributed by atoms with Crippen molar-refractivity contribution in [1.82, 2.24) is 0 Å². The normalized spacial score (nSPS) is 11.1. The molecule has 0 radical (unpaired) electrons. The number of fused-ring (bicyclic) bond motifs is 1. The summed E-state index contributed by atoms with van der Waals surface area (Å²) in [5, 5.41) is 11.9.